The molecule has 6 nitrogen and oxygen atoms in total. The molecule has 1 unspecified atom stereocenters. The van der Waals surface area contributed by atoms with Crippen LogP contribution in [0.4, 0.5) is 5.82 Å². The number of nitrogens with zero attached hydrogens (tertiary/aromatic N) is 4. The molecule has 1 atom stereocenters. The van der Waals surface area contributed by atoms with Gasteiger partial charge in [0.2, 0.25) is 0 Å². The van der Waals surface area contributed by atoms with E-state index >= 15 is 0 Å². The number of halogens is 1. The number of rotatable bonds is 5. The van der Waals surface area contributed by atoms with E-state index in [0.29, 0.717) is 11.7 Å². The van der Waals surface area contributed by atoms with E-state index < -0.39 is 5.97 Å². The van der Waals surface area contributed by atoms with Crippen molar-refractivity contribution in [1.29, 1.82) is 0 Å². The van der Waals surface area contributed by atoms with Crippen molar-refractivity contribution in [3.8, 4) is 0 Å². The number of carbonyl (C=O) groups is 1. The lowest BCUT2D eigenvalue weighted by Gasteiger charge is -2.33. The van der Waals surface area contributed by atoms with Gasteiger partial charge >= 0.3 is 5.97 Å². The van der Waals surface area contributed by atoms with E-state index in [9.17, 15) is 9.90 Å². The van der Waals surface area contributed by atoms with Gasteiger partial charge in [0.1, 0.15) is 11.6 Å². The number of aromatic carboxylic acids is 1. The van der Waals surface area contributed by atoms with Gasteiger partial charge in [-0.1, -0.05) is 11.6 Å². The molecule has 2 aromatic rings. The lowest BCUT2D eigenvalue weighted by atomic mass is 9.97. The number of imidazole rings is 1. The van der Waals surface area contributed by atoms with Crippen LogP contribution in [0.15, 0.2) is 24.5 Å². The molecule has 2 aromatic heterocycles. The van der Waals surface area contributed by atoms with Crippen molar-refractivity contribution in [2.24, 2.45) is 5.92 Å². The third-order valence-electron chi connectivity index (χ3n) is 5.04. The van der Waals surface area contributed by atoms with Gasteiger partial charge in [0.05, 0.1) is 5.02 Å². The van der Waals surface area contributed by atoms with Crippen LogP contribution in [0.3, 0.4) is 0 Å². The molecular formula is C18H21ClN4O2. The van der Waals surface area contributed by atoms with Crippen molar-refractivity contribution >= 4 is 23.4 Å². The second kappa shape index (κ2) is 6.67. The molecular weight excluding hydrogens is 340 g/mol. The summed E-state index contributed by atoms with van der Waals surface area (Å²) in [5.41, 5.74) is -0.0866. The Morgan fingerprint density at radius 1 is 1.32 bits per heavy atom. The predicted molar refractivity (Wildman–Crippen MR) is 95.3 cm³/mol. The zero-order valence-corrected chi connectivity index (χ0v) is 14.7. The minimum Gasteiger partial charge on any atom is -0.476 e. The van der Waals surface area contributed by atoms with Crippen LogP contribution in [0, 0.1) is 5.92 Å². The number of pyridine rings is 1. The molecule has 4 rings (SSSR count). The highest BCUT2D eigenvalue weighted by Gasteiger charge is 2.28. The molecule has 0 radical (unpaired) electrons. The minimum atomic E-state index is -1.10. The topological polar surface area (TPSA) is 71.2 Å². The standard InChI is InChI=1S/C18H21ClN4O2/c19-14-5-6-15(21-16(14)18(24)25)22-8-1-2-13(11-22)17-20-7-9-23(17)10-12-3-4-12/h5-7,9,12-13H,1-4,8,10-11H2,(H,24,25). The molecule has 2 fully saturated rings. The van der Waals surface area contributed by atoms with Crippen LogP contribution in [0.2, 0.25) is 5.02 Å². The number of piperidine rings is 1. The normalized spacial score (nSPS) is 20.7. The molecule has 25 heavy (non-hydrogen) atoms. The molecule has 3 heterocycles. The molecule has 132 valence electrons. The highest BCUT2D eigenvalue weighted by Crippen LogP contribution is 2.34. The molecule has 1 aliphatic carbocycles. The SMILES string of the molecule is O=C(O)c1nc(N2CCCC(c3nccn3CC3CC3)C2)ccc1Cl. The van der Waals surface area contributed by atoms with E-state index in [1.807, 2.05) is 6.20 Å². The number of hydrogen-bond acceptors (Lipinski definition) is 4. The predicted octanol–water partition coefficient (Wildman–Crippen LogP) is 3.42. The average Bonchev–Trinajstić information content (AvgIpc) is 3.30. The summed E-state index contributed by atoms with van der Waals surface area (Å²) >= 11 is 5.94. The van der Waals surface area contributed by atoms with Gasteiger partial charge in [-0.2, -0.15) is 0 Å². The fraction of sp³-hybridized carbons (Fsp3) is 0.500. The number of carboxylic acids is 1. The Balaban J connectivity index is 1.54. The van der Waals surface area contributed by atoms with E-state index in [4.69, 9.17) is 11.6 Å². The second-order valence-corrected chi connectivity index (χ2v) is 7.38. The van der Waals surface area contributed by atoms with Crippen molar-refractivity contribution in [1.82, 2.24) is 14.5 Å². The van der Waals surface area contributed by atoms with Crippen LogP contribution in [0.5, 0.6) is 0 Å². The molecule has 1 N–H and O–H groups in total. The van der Waals surface area contributed by atoms with E-state index in [0.717, 1.165) is 44.2 Å². The maximum absolute atomic E-state index is 11.3. The number of carboxylic acid groups (broad SMARTS) is 1. The summed E-state index contributed by atoms with van der Waals surface area (Å²) in [4.78, 5) is 22.3. The van der Waals surface area contributed by atoms with Gasteiger partial charge < -0.3 is 14.6 Å². The van der Waals surface area contributed by atoms with E-state index in [1.165, 1.54) is 12.8 Å². The molecule has 1 saturated heterocycles. The molecule has 1 aliphatic heterocycles. The number of aromatic nitrogens is 3. The van der Waals surface area contributed by atoms with Crippen LogP contribution >= 0.6 is 11.6 Å². The van der Waals surface area contributed by atoms with Crippen LogP contribution in [0.25, 0.3) is 0 Å². The molecule has 7 heteroatoms. The Labute approximate surface area is 151 Å². The van der Waals surface area contributed by atoms with E-state index in [-0.39, 0.29) is 10.7 Å². The van der Waals surface area contributed by atoms with E-state index in [2.05, 4.69) is 25.6 Å². The van der Waals surface area contributed by atoms with Crippen molar-refractivity contribution < 1.29 is 9.90 Å². The quantitative estimate of drug-likeness (QED) is 0.884. The fourth-order valence-electron chi connectivity index (χ4n) is 3.57. The maximum Gasteiger partial charge on any atom is 0.356 e. The van der Waals surface area contributed by atoms with Crippen molar-refractivity contribution in [2.45, 2.75) is 38.1 Å². The Morgan fingerprint density at radius 3 is 2.92 bits per heavy atom. The first kappa shape index (κ1) is 16.4. The Bertz CT molecular complexity index is 787. The first-order valence-corrected chi connectivity index (χ1v) is 9.15. The Kier molecular flexibility index (Phi) is 4.37. The van der Waals surface area contributed by atoms with Gasteiger partial charge in [0, 0.05) is 37.9 Å². The molecule has 0 amide bonds. The first-order valence-electron chi connectivity index (χ1n) is 8.77. The van der Waals surface area contributed by atoms with Crippen LogP contribution < -0.4 is 4.90 Å². The summed E-state index contributed by atoms with van der Waals surface area (Å²) in [6.45, 7) is 2.73. The van der Waals surface area contributed by atoms with Gasteiger partial charge in [-0.25, -0.2) is 14.8 Å². The van der Waals surface area contributed by atoms with Crippen molar-refractivity contribution in [3.05, 3.63) is 41.1 Å². The van der Waals surface area contributed by atoms with Gasteiger partial charge in [0.15, 0.2) is 5.69 Å². The summed E-state index contributed by atoms with van der Waals surface area (Å²) < 4.78 is 2.30. The lowest BCUT2D eigenvalue weighted by Crippen LogP contribution is -2.36. The third-order valence-corrected chi connectivity index (χ3v) is 5.35. The van der Waals surface area contributed by atoms with Gasteiger partial charge in [-0.3, -0.25) is 0 Å². The highest BCUT2D eigenvalue weighted by molar-refractivity contribution is 6.33. The number of anilines is 1. The van der Waals surface area contributed by atoms with E-state index in [1.54, 1.807) is 12.1 Å². The van der Waals surface area contributed by atoms with Crippen LogP contribution in [0.1, 0.15) is 47.9 Å². The number of hydrogen-bond donors (Lipinski definition) is 1. The minimum absolute atomic E-state index is 0.0866. The Morgan fingerprint density at radius 2 is 2.16 bits per heavy atom. The molecule has 0 aromatic carbocycles. The van der Waals surface area contributed by atoms with Crippen LogP contribution in [-0.4, -0.2) is 38.7 Å². The maximum atomic E-state index is 11.3. The second-order valence-electron chi connectivity index (χ2n) is 6.97. The zero-order valence-electron chi connectivity index (χ0n) is 13.9. The van der Waals surface area contributed by atoms with Gasteiger partial charge in [-0.15, -0.1) is 0 Å². The van der Waals surface area contributed by atoms with Gasteiger partial charge in [0.25, 0.3) is 0 Å². The van der Waals surface area contributed by atoms with Crippen molar-refractivity contribution in [3.63, 3.8) is 0 Å². The van der Waals surface area contributed by atoms with Crippen molar-refractivity contribution in [2.75, 3.05) is 18.0 Å². The summed E-state index contributed by atoms with van der Waals surface area (Å²) in [7, 11) is 0. The lowest BCUT2D eigenvalue weighted by molar-refractivity contribution is 0.0691. The summed E-state index contributed by atoms with van der Waals surface area (Å²) in [5, 5.41) is 9.41. The molecule has 0 bridgehead atoms. The molecule has 0 spiro atoms. The summed E-state index contributed by atoms with van der Waals surface area (Å²) in [6, 6.07) is 3.42. The molecule has 2 aliphatic rings. The summed E-state index contributed by atoms with van der Waals surface area (Å²) in [6.07, 6.45) is 8.74. The third kappa shape index (κ3) is 3.49. The zero-order chi connectivity index (χ0) is 17.4. The monoisotopic (exact) mass is 360 g/mol. The summed E-state index contributed by atoms with van der Waals surface area (Å²) in [5.74, 6) is 1.87. The fourth-order valence-corrected chi connectivity index (χ4v) is 3.75. The smallest absolute Gasteiger partial charge is 0.356 e. The van der Waals surface area contributed by atoms with Crippen LogP contribution in [-0.2, 0) is 6.54 Å². The first-order chi connectivity index (χ1) is 12.1. The Hall–Kier alpha value is -2.08. The largest absolute Gasteiger partial charge is 0.476 e. The highest BCUT2D eigenvalue weighted by atomic mass is 35.5. The van der Waals surface area contributed by atoms with Gasteiger partial charge in [-0.05, 0) is 43.7 Å². The molecule has 1 saturated carbocycles. The average molecular weight is 361 g/mol.